The zero-order chi connectivity index (χ0) is 22.0. The van der Waals surface area contributed by atoms with Crippen LogP contribution < -0.4 is 5.73 Å². The summed E-state index contributed by atoms with van der Waals surface area (Å²) in [5.74, 6) is -0.359. The average molecular weight is 453 g/mol. The van der Waals surface area contributed by atoms with Gasteiger partial charge in [-0.15, -0.1) is 0 Å². The number of amides is 1. The number of halogens is 1. The zero-order valence-corrected chi connectivity index (χ0v) is 18.5. The maximum atomic E-state index is 11.1. The molecular formula is C23H21ClN4O2S. The number of aldehydes is 1. The van der Waals surface area contributed by atoms with E-state index in [0.29, 0.717) is 18.0 Å². The topological polar surface area (TPSA) is 82.9 Å². The van der Waals surface area contributed by atoms with Crippen molar-refractivity contribution in [1.29, 1.82) is 0 Å². The van der Waals surface area contributed by atoms with Gasteiger partial charge in [0.25, 0.3) is 0 Å². The van der Waals surface area contributed by atoms with Crippen LogP contribution in [0.25, 0.3) is 16.6 Å². The van der Waals surface area contributed by atoms with Gasteiger partial charge in [-0.3, -0.25) is 9.48 Å². The predicted octanol–water partition coefficient (Wildman–Crippen LogP) is 4.56. The molecule has 0 aliphatic heterocycles. The third-order valence-corrected chi connectivity index (χ3v) is 6.46. The number of primary amides is 1. The molecule has 2 aromatic carbocycles. The third-order valence-electron chi connectivity index (χ3n) is 5.01. The van der Waals surface area contributed by atoms with Crippen molar-refractivity contribution >= 4 is 46.5 Å². The Morgan fingerprint density at radius 1 is 1.26 bits per heavy atom. The fraction of sp³-hybridized carbons (Fsp3) is 0.174. The molecule has 2 heterocycles. The van der Waals surface area contributed by atoms with Crippen molar-refractivity contribution < 1.29 is 9.59 Å². The smallest absolute Gasteiger partial charge is 0.219 e. The zero-order valence-electron chi connectivity index (χ0n) is 16.9. The Morgan fingerprint density at radius 3 is 2.87 bits per heavy atom. The second kappa shape index (κ2) is 8.99. The molecule has 0 aliphatic carbocycles. The number of nitrogens with zero attached hydrogens (tertiary/aromatic N) is 3. The van der Waals surface area contributed by atoms with Crippen LogP contribution in [0.4, 0.5) is 0 Å². The number of rotatable bonds is 8. The molecule has 0 unspecified atom stereocenters. The Morgan fingerprint density at radius 2 is 2.10 bits per heavy atom. The summed E-state index contributed by atoms with van der Waals surface area (Å²) in [6.45, 7) is 2.49. The van der Waals surface area contributed by atoms with Crippen LogP contribution in [0.15, 0.2) is 64.6 Å². The molecule has 2 aromatic heterocycles. The number of nitrogens with two attached hydrogens (primary N) is 1. The van der Waals surface area contributed by atoms with Crippen molar-refractivity contribution in [2.75, 3.05) is 0 Å². The Labute approximate surface area is 189 Å². The largest absolute Gasteiger partial charge is 0.370 e. The molecule has 0 bridgehead atoms. The third kappa shape index (κ3) is 4.52. The van der Waals surface area contributed by atoms with E-state index in [4.69, 9.17) is 17.3 Å². The van der Waals surface area contributed by atoms with E-state index >= 15 is 0 Å². The van der Waals surface area contributed by atoms with Gasteiger partial charge in [0.2, 0.25) is 5.91 Å². The highest BCUT2D eigenvalue weighted by molar-refractivity contribution is 7.99. The van der Waals surface area contributed by atoms with Crippen molar-refractivity contribution in [3.05, 3.63) is 71.1 Å². The van der Waals surface area contributed by atoms with E-state index in [2.05, 4.69) is 16.6 Å². The van der Waals surface area contributed by atoms with E-state index < -0.39 is 0 Å². The van der Waals surface area contributed by atoms with Gasteiger partial charge in [-0.2, -0.15) is 5.10 Å². The molecule has 158 valence electrons. The average Bonchev–Trinajstić information content (AvgIpc) is 3.29. The molecule has 0 radical (unpaired) electrons. The van der Waals surface area contributed by atoms with Crippen molar-refractivity contribution in [2.24, 2.45) is 5.73 Å². The highest BCUT2D eigenvalue weighted by atomic mass is 35.5. The van der Waals surface area contributed by atoms with E-state index in [-0.39, 0.29) is 12.3 Å². The molecule has 8 heteroatoms. The van der Waals surface area contributed by atoms with Gasteiger partial charge in [0.05, 0.1) is 17.4 Å². The summed E-state index contributed by atoms with van der Waals surface area (Å²) in [5.41, 5.74) is 9.16. The summed E-state index contributed by atoms with van der Waals surface area (Å²) in [6, 6.07) is 13.9. The Balaban J connectivity index is 1.78. The molecule has 0 fully saturated rings. The highest BCUT2D eigenvalue weighted by Gasteiger charge is 2.18. The lowest BCUT2D eigenvalue weighted by molar-refractivity contribution is -0.118. The minimum Gasteiger partial charge on any atom is -0.370 e. The number of hydrogen-bond acceptors (Lipinski definition) is 4. The number of fused-ring (bicyclic) bond motifs is 1. The van der Waals surface area contributed by atoms with Crippen LogP contribution >= 0.6 is 23.4 Å². The fourth-order valence-corrected chi connectivity index (χ4v) is 4.87. The standard InChI is InChI=1S/C23H21ClN4O2S/c1-15-23(31-19-4-2-3-16(11-19)8-10-29)20-6-5-17(24)12-21(20)28(15)18-13-26-27(14-18)9-7-22(25)30/h2-6,10-14H,7-9H2,1H3,(H2,25,30). The first kappa shape index (κ1) is 21.2. The quantitative estimate of drug-likeness (QED) is 0.397. The summed E-state index contributed by atoms with van der Waals surface area (Å²) in [7, 11) is 0. The number of benzene rings is 2. The molecule has 4 aromatic rings. The molecule has 0 aliphatic rings. The van der Waals surface area contributed by atoms with Gasteiger partial charge in [-0.25, -0.2) is 0 Å². The summed E-state index contributed by atoms with van der Waals surface area (Å²) in [5, 5.41) is 6.11. The van der Waals surface area contributed by atoms with Crippen LogP contribution in [0.2, 0.25) is 5.02 Å². The SMILES string of the molecule is Cc1c(Sc2cccc(CC=O)c2)c2ccc(Cl)cc2n1-c1cnn(CCC(N)=O)c1. The van der Waals surface area contributed by atoms with E-state index in [1.165, 1.54) is 0 Å². The molecule has 0 saturated carbocycles. The molecule has 4 rings (SSSR count). The molecular weight excluding hydrogens is 432 g/mol. The van der Waals surface area contributed by atoms with Gasteiger partial charge < -0.3 is 15.1 Å². The molecule has 31 heavy (non-hydrogen) atoms. The van der Waals surface area contributed by atoms with Gasteiger partial charge in [0, 0.05) is 51.5 Å². The maximum absolute atomic E-state index is 11.1. The van der Waals surface area contributed by atoms with E-state index in [0.717, 1.165) is 43.9 Å². The second-order valence-electron chi connectivity index (χ2n) is 7.21. The number of hydrogen-bond donors (Lipinski definition) is 1. The molecule has 6 nitrogen and oxygen atoms in total. The highest BCUT2D eigenvalue weighted by Crippen LogP contribution is 2.40. The fourth-order valence-electron chi connectivity index (χ4n) is 3.59. The molecule has 2 N–H and O–H groups in total. The minimum absolute atomic E-state index is 0.233. The number of aromatic nitrogens is 3. The number of carbonyl (C=O) groups is 2. The summed E-state index contributed by atoms with van der Waals surface area (Å²) in [6.07, 6.45) is 5.22. The molecule has 0 spiro atoms. The van der Waals surface area contributed by atoms with Crippen LogP contribution in [-0.2, 0) is 22.6 Å². The Hall–Kier alpha value is -3.03. The lowest BCUT2D eigenvalue weighted by atomic mass is 10.2. The summed E-state index contributed by atoms with van der Waals surface area (Å²) in [4.78, 5) is 24.2. The first-order valence-electron chi connectivity index (χ1n) is 9.78. The van der Waals surface area contributed by atoms with Crippen molar-refractivity contribution in [3.8, 4) is 5.69 Å². The van der Waals surface area contributed by atoms with Crippen LogP contribution in [-0.4, -0.2) is 26.5 Å². The lowest BCUT2D eigenvalue weighted by Crippen LogP contribution is -2.14. The van der Waals surface area contributed by atoms with E-state index in [1.807, 2.05) is 48.7 Å². The van der Waals surface area contributed by atoms with Crippen molar-refractivity contribution in [2.45, 2.75) is 36.1 Å². The minimum atomic E-state index is -0.359. The first-order chi connectivity index (χ1) is 15.0. The van der Waals surface area contributed by atoms with Gasteiger partial charge in [-0.1, -0.05) is 41.6 Å². The van der Waals surface area contributed by atoms with E-state index in [9.17, 15) is 9.59 Å². The summed E-state index contributed by atoms with van der Waals surface area (Å²) < 4.78 is 3.83. The lowest BCUT2D eigenvalue weighted by Gasteiger charge is -2.07. The van der Waals surface area contributed by atoms with Crippen LogP contribution in [0.1, 0.15) is 17.7 Å². The Bertz CT molecular complexity index is 1280. The molecule has 0 saturated heterocycles. The van der Waals surface area contributed by atoms with Gasteiger partial charge in [0.1, 0.15) is 6.29 Å². The van der Waals surface area contributed by atoms with Crippen LogP contribution in [0.5, 0.6) is 0 Å². The van der Waals surface area contributed by atoms with Crippen LogP contribution in [0.3, 0.4) is 0 Å². The van der Waals surface area contributed by atoms with Gasteiger partial charge in [-0.05, 0) is 36.8 Å². The normalized spacial score (nSPS) is 11.2. The van der Waals surface area contributed by atoms with E-state index in [1.54, 1.807) is 22.6 Å². The second-order valence-corrected chi connectivity index (χ2v) is 8.73. The molecule has 1 amide bonds. The number of aryl methyl sites for hydroxylation is 1. The molecule has 0 atom stereocenters. The van der Waals surface area contributed by atoms with Gasteiger partial charge in [0.15, 0.2) is 0 Å². The van der Waals surface area contributed by atoms with Crippen molar-refractivity contribution in [1.82, 2.24) is 14.3 Å². The maximum Gasteiger partial charge on any atom is 0.219 e. The summed E-state index contributed by atoms with van der Waals surface area (Å²) >= 11 is 7.98. The monoisotopic (exact) mass is 452 g/mol. The Kier molecular flexibility index (Phi) is 6.15. The first-order valence-corrected chi connectivity index (χ1v) is 11.0. The predicted molar refractivity (Wildman–Crippen MR) is 123 cm³/mol. The number of carbonyl (C=O) groups excluding carboxylic acids is 2. The van der Waals surface area contributed by atoms with Gasteiger partial charge >= 0.3 is 0 Å². The van der Waals surface area contributed by atoms with Crippen LogP contribution in [0, 0.1) is 6.92 Å². The van der Waals surface area contributed by atoms with Crippen molar-refractivity contribution in [3.63, 3.8) is 0 Å².